The van der Waals surface area contributed by atoms with Crippen LogP contribution in [0.25, 0.3) is 11.4 Å². The number of carbonyl (C=O) groups is 1. The number of halogens is 2. The van der Waals surface area contributed by atoms with Gasteiger partial charge in [-0.2, -0.15) is 0 Å². The molecule has 1 amide bonds. The topological polar surface area (TPSA) is 67.3 Å². The summed E-state index contributed by atoms with van der Waals surface area (Å²) in [5, 5.41) is 6.34. The van der Waals surface area contributed by atoms with Gasteiger partial charge >= 0.3 is 6.09 Å². The molecular formula is C23H24ClFN4O2S. The number of hydrogen-bond donors (Lipinski definition) is 1. The third-order valence-electron chi connectivity index (χ3n) is 6.10. The fraction of sp³-hybridized carbons (Fsp3) is 0.348. The monoisotopic (exact) mass is 474 g/mol. The van der Waals surface area contributed by atoms with E-state index >= 15 is 0 Å². The van der Waals surface area contributed by atoms with Crippen LogP contribution in [0.5, 0.6) is 0 Å². The van der Waals surface area contributed by atoms with Crippen molar-refractivity contribution < 1.29 is 13.9 Å². The predicted molar refractivity (Wildman–Crippen MR) is 126 cm³/mol. The molecule has 1 saturated heterocycles. The molecule has 0 atom stereocenters. The zero-order valence-electron chi connectivity index (χ0n) is 17.4. The molecule has 0 bridgehead atoms. The number of nitrogens with one attached hydrogen (secondary N) is 1. The van der Waals surface area contributed by atoms with Crippen molar-refractivity contribution in [2.24, 2.45) is 5.92 Å². The van der Waals surface area contributed by atoms with Crippen molar-refractivity contribution in [3.63, 3.8) is 0 Å². The number of pyridine rings is 1. The van der Waals surface area contributed by atoms with Crippen molar-refractivity contribution in [2.75, 3.05) is 23.3 Å². The first-order valence-corrected chi connectivity index (χ1v) is 11.4. The largest absolute Gasteiger partial charge is 0.441 e. The van der Waals surface area contributed by atoms with E-state index in [1.165, 1.54) is 11.0 Å². The highest BCUT2D eigenvalue weighted by Crippen LogP contribution is 2.41. The molecule has 5 rings (SSSR count). The lowest BCUT2D eigenvalue weighted by Crippen LogP contribution is -2.39. The predicted octanol–water partition coefficient (Wildman–Crippen LogP) is 5.76. The number of thiazole rings is 1. The van der Waals surface area contributed by atoms with Crippen molar-refractivity contribution in [1.29, 1.82) is 0 Å². The summed E-state index contributed by atoms with van der Waals surface area (Å²) in [6, 6.07) is 12.1. The molecule has 3 aromatic rings. The van der Waals surface area contributed by atoms with Crippen LogP contribution in [0.3, 0.4) is 0 Å². The molecular weight excluding hydrogens is 451 g/mol. The number of anilines is 2. The second-order valence-electron chi connectivity index (χ2n) is 8.17. The Morgan fingerprint density at radius 3 is 2.69 bits per heavy atom. The second-order valence-corrected chi connectivity index (χ2v) is 9.02. The number of benzene rings is 1. The molecule has 0 radical (unpaired) electrons. The second kappa shape index (κ2) is 9.42. The van der Waals surface area contributed by atoms with Gasteiger partial charge in [-0.25, -0.2) is 14.2 Å². The maximum Gasteiger partial charge on any atom is 0.415 e. The highest BCUT2D eigenvalue weighted by atomic mass is 35.5. The standard InChI is InChI=1S/C23H23FN4O2S.ClH/c24-17-5-1-2-7-20(17)28-15-23(30-22(28)29)10-8-16(9-11-23)13-26-21-27-19(14-31-21)18-6-3-4-12-25-18;/h1-7,12,14,16H,8-11,13,15H2,(H,26,27);1H/t16-,23-;. The number of ether oxygens (including phenoxy) is 1. The maximum atomic E-state index is 14.1. The first-order chi connectivity index (χ1) is 15.1. The van der Waals surface area contributed by atoms with Crippen LogP contribution in [0, 0.1) is 11.7 Å². The Kier molecular flexibility index (Phi) is 6.62. The van der Waals surface area contributed by atoms with Crippen LogP contribution in [0.15, 0.2) is 54.0 Å². The normalized spacial score (nSPS) is 22.5. The van der Waals surface area contributed by atoms with Crippen LogP contribution in [0.4, 0.5) is 20.0 Å². The third-order valence-corrected chi connectivity index (χ3v) is 6.90. The number of aromatic nitrogens is 2. The van der Waals surface area contributed by atoms with Gasteiger partial charge in [0.25, 0.3) is 0 Å². The first-order valence-electron chi connectivity index (χ1n) is 10.5. The molecule has 0 unspecified atom stereocenters. The molecule has 1 aromatic carbocycles. The third kappa shape index (κ3) is 4.56. The van der Waals surface area contributed by atoms with E-state index in [0.29, 0.717) is 18.2 Å². The van der Waals surface area contributed by atoms with E-state index in [0.717, 1.165) is 48.7 Å². The van der Waals surface area contributed by atoms with E-state index < -0.39 is 17.5 Å². The van der Waals surface area contributed by atoms with Crippen LogP contribution >= 0.6 is 23.7 Å². The zero-order chi connectivity index (χ0) is 21.3. The van der Waals surface area contributed by atoms with Crippen LogP contribution in [0.1, 0.15) is 25.7 Å². The molecule has 2 aliphatic rings. The van der Waals surface area contributed by atoms with Gasteiger partial charge in [-0.3, -0.25) is 9.88 Å². The van der Waals surface area contributed by atoms with E-state index in [-0.39, 0.29) is 12.4 Å². The average Bonchev–Trinajstić information content (AvgIpc) is 3.39. The smallest absolute Gasteiger partial charge is 0.415 e. The van der Waals surface area contributed by atoms with Gasteiger partial charge in [0, 0.05) is 18.1 Å². The van der Waals surface area contributed by atoms with Gasteiger partial charge in [-0.15, -0.1) is 23.7 Å². The minimum absolute atomic E-state index is 0. The molecule has 168 valence electrons. The van der Waals surface area contributed by atoms with Crippen molar-refractivity contribution in [2.45, 2.75) is 31.3 Å². The lowest BCUT2D eigenvalue weighted by Gasteiger charge is -2.35. The Morgan fingerprint density at radius 1 is 1.16 bits per heavy atom. The Labute approximate surface area is 196 Å². The number of para-hydroxylation sites is 1. The number of nitrogens with zero attached hydrogens (tertiary/aromatic N) is 3. The first kappa shape index (κ1) is 22.5. The highest BCUT2D eigenvalue weighted by Gasteiger charge is 2.48. The number of hydrogen-bond acceptors (Lipinski definition) is 6. The van der Waals surface area contributed by atoms with Crippen LogP contribution in [-0.4, -0.2) is 34.8 Å². The molecule has 1 aliphatic carbocycles. The van der Waals surface area contributed by atoms with Crippen LogP contribution in [-0.2, 0) is 4.74 Å². The highest BCUT2D eigenvalue weighted by molar-refractivity contribution is 7.14. The van der Waals surface area contributed by atoms with E-state index in [9.17, 15) is 9.18 Å². The SMILES string of the molecule is Cl.O=C1O[C@]2(CC[C@H](CNc3nc(-c4ccccn4)cs3)CC2)CN1c1ccccc1F. The molecule has 9 heteroatoms. The lowest BCUT2D eigenvalue weighted by atomic mass is 9.78. The van der Waals surface area contributed by atoms with Crippen molar-refractivity contribution in [3.8, 4) is 11.4 Å². The van der Waals surface area contributed by atoms with Gasteiger partial charge in [0.15, 0.2) is 5.13 Å². The fourth-order valence-corrected chi connectivity index (χ4v) is 5.08. The molecule has 1 spiro atoms. The molecule has 1 N–H and O–H groups in total. The van der Waals surface area contributed by atoms with Gasteiger partial charge in [0.1, 0.15) is 17.1 Å². The lowest BCUT2D eigenvalue weighted by molar-refractivity contribution is 0.0148. The summed E-state index contributed by atoms with van der Waals surface area (Å²) in [5.41, 5.74) is 1.53. The Morgan fingerprint density at radius 2 is 1.94 bits per heavy atom. The molecule has 1 aliphatic heterocycles. The van der Waals surface area contributed by atoms with Crippen molar-refractivity contribution >= 4 is 40.7 Å². The average molecular weight is 475 g/mol. The van der Waals surface area contributed by atoms with E-state index in [1.54, 1.807) is 35.7 Å². The van der Waals surface area contributed by atoms with Gasteiger partial charge < -0.3 is 10.1 Å². The van der Waals surface area contributed by atoms with E-state index in [2.05, 4.69) is 15.3 Å². The maximum absolute atomic E-state index is 14.1. The van der Waals surface area contributed by atoms with Crippen LogP contribution < -0.4 is 10.2 Å². The molecule has 32 heavy (non-hydrogen) atoms. The van der Waals surface area contributed by atoms with E-state index in [1.807, 2.05) is 23.6 Å². The van der Waals surface area contributed by atoms with Gasteiger partial charge in [0.2, 0.25) is 0 Å². The Hall–Kier alpha value is -2.71. The minimum Gasteiger partial charge on any atom is -0.441 e. The summed E-state index contributed by atoms with van der Waals surface area (Å²) in [6.45, 7) is 1.24. The van der Waals surface area contributed by atoms with Crippen molar-refractivity contribution in [1.82, 2.24) is 9.97 Å². The van der Waals surface area contributed by atoms with Gasteiger partial charge in [-0.1, -0.05) is 18.2 Å². The summed E-state index contributed by atoms with van der Waals surface area (Å²) in [5.74, 6) is 0.0805. The summed E-state index contributed by atoms with van der Waals surface area (Å²) in [6.07, 6.45) is 4.78. The molecule has 6 nitrogen and oxygen atoms in total. The summed E-state index contributed by atoms with van der Waals surface area (Å²) in [7, 11) is 0. The van der Waals surface area contributed by atoms with Crippen molar-refractivity contribution in [3.05, 3.63) is 59.9 Å². The summed E-state index contributed by atoms with van der Waals surface area (Å²) >= 11 is 1.58. The molecule has 3 heterocycles. The quantitative estimate of drug-likeness (QED) is 0.509. The zero-order valence-corrected chi connectivity index (χ0v) is 19.0. The molecule has 2 aromatic heterocycles. The van der Waals surface area contributed by atoms with E-state index in [4.69, 9.17) is 4.74 Å². The Balaban J connectivity index is 0.00000245. The van der Waals surface area contributed by atoms with Gasteiger partial charge in [-0.05, 0) is 55.9 Å². The summed E-state index contributed by atoms with van der Waals surface area (Å²) in [4.78, 5) is 22.8. The fourth-order valence-electron chi connectivity index (χ4n) is 4.37. The Bertz CT molecular complexity index is 1070. The minimum atomic E-state index is -0.511. The summed E-state index contributed by atoms with van der Waals surface area (Å²) < 4.78 is 19.9. The number of amides is 1. The number of carbonyl (C=O) groups excluding carboxylic acids is 1. The molecule has 2 fully saturated rings. The van der Waals surface area contributed by atoms with Gasteiger partial charge in [0.05, 0.1) is 17.9 Å². The number of rotatable bonds is 5. The van der Waals surface area contributed by atoms with Crippen LogP contribution in [0.2, 0.25) is 0 Å². The molecule has 1 saturated carbocycles.